The van der Waals surface area contributed by atoms with Gasteiger partial charge in [0.05, 0.1) is 28.2 Å². The van der Waals surface area contributed by atoms with Crippen LogP contribution < -0.4 is 9.21 Å². The van der Waals surface area contributed by atoms with Gasteiger partial charge in [0, 0.05) is 38.3 Å². The van der Waals surface area contributed by atoms with E-state index in [1.165, 1.54) is 26.7 Å². The number of carbonyl (C=O) groups excluding carboxylic acids is 1. The van der Waals surface area contributed by atoms with Crippen molar-refractivity contribution < 1.29 is 21.6 Å². The van der Waals surface area contributed by atoms with Gasteiger partial charge in [-0.3, -0.25) is 9.10 Å². The second-order valence-corrected chi connectivity index (χ2v) is 16.6. The lowest BCUT2D eigenvalue weighted by atomic mass is 9.90. The minimum absolute atomic E-state index is 0.000929. The second-order valence-electron chi connectivity index (χ2n) is 11.8. The molecular formula is C30H42Cl2N4O5S2. The van der Waals surface area contributed by atoms with Gasteiger partial charge in [0.15, 0.2) is 0 Å². The van der Waals surface area contributed by atoms with E-state index in [2.05, 4.69) is 4.90 Å². The molecule has 0 N–H and O–H groups in total. The van der Waals surface area contributed by atoms with Crippen LogP contribution in [0.5, 0.6) is 0 Å². The van der Waals surface area contributed by atoms with Crippen LogP contribution >= 0.6 is 23.2 Å². The Morgan fingerprint density at radius 1 is 0.860 bits per heavy atom. The van der Waals surface area contributed by atoms with Gasteiger partial charge in [-0.1, -0.05) is 35.3 Å². The van der Waals surface area contributed by atoms with Crippen molar-refractivity contribution in [3.05, 3.63) is 58.1 Å². The molecule has 2 saturated heterocycles. The number of sulfonamides is 2. The van der Waals surface area contributed by atoms with Crippen molar-refractivity contribution in [2.24, 2.45) is 11.8 Å². The van der Waals surface area contributed by atoms with Crippen molar-refractivity contribution in [3.8, 4) is 0 Å². The number of rotatable bonds is 11. The quantitative estimate of drug-likeness (QED) is 0.342. The largest absolute Gasteiger partial charge is 0.312 e. The Hall–Kier alpha value is -1.89. The van der Waals surface area contributed by atoms with E-state index in [0.717, 1.165) is 45.3 Å². The Morgan fingerprint density at radius 2 is 1.47 bits per heavy atom. The first-order valence-electron chi connectivity index (χ1n) is 14.7. The van der Waals surface area contributed by atoms with Crippen LogP contribution in [0.2, 0.25) is 10.0 Å². The van der Waals surface area contributed by atoms with E-state index < -0.39 is 20.0 Å². The third-order valence-electron chi connectivity index (χ3n) is 8.64. The van der Waals surface area contributed by atoms with Crippen LogP contribution in [-0.4, -0.2) is 90.8 Å². The Bertz CT molecular complexity index is 1470. The van der Waals surface area contributed by atoms with Crippen LogP contribution in [0.1, 0.15) is 37.7 Å². The standard InChI is InChI=1S/C30H42Cl2N4O5S2/c1-33(42(2,38)39)26-7-5-23(6-8-26)21-24-11-17-34(18-12-24)15-4-16-36(27-9-10-28(31)29(32)22-27)30(37)25-13-19-35(20-14-25)43(3,40)41/h5-10,22,24-25H,4,11-21H2,1-3H3. The highest BCUT2D eigenvalue weighted by Gasteiger charge is 2.32. The predicted molar refractivity (Wildman–Crippen MR) is 175 cm³/mol. The fourth-order valence-electron chi connectivity index (χ4n) is 5.91. The first-order chi connectivity index (χ1) is 20.2. The van der Waals surface area contributed by atoms with Crippen LogP contribution in [0.4, 0.5) is 11.4 Å². The molecule has 1 amide bonds. The molecule has 9 nitrogen and oxygen atoms in total. The van der Waals surface area contributed by atoms with Crippen LogP contribution in [-0.2, 0) is 31.3 Å². The maximum atomic E-state index is 13.7. The molecule has 2 heterocycles. The first-order valence-corrected chi connectivity index (χ1v) is 19.1. The highest BCUT2D eigenvalue weighted by Crippen LogP contribution is 2.30. The Labute approximate surface area is 266 Å². The molecule has 0 aliphatic carbocycles. The Morgan fingerprint density at radius 3 is 2.02 bits per heavy atom. The number of hydrogen-bond acceptors (Lipinski definition) is 6. The molecule has 4 rings (SSSR count). The van der Waals surface area contributed by atoms with E-state index in [4.69, 9.17) is 23.2 Å². The number of hydrogen-bond donors (Lipinski definition) is 0. The summed E-state index contributed by atoms with van der Waals surface area (Å²) in [6.07, 6.45) is 7.33. The third kappa shape index (κ3) is 9.31. The van der Waals surface area contributed by atoms with Gasteiger partial charge in [-0.25, -0.2) is 21.1 Å². The van der Waals surface area contributed by atoms with Crippen molar-refractivity contribution in [2.75, 3.05) is 68.0 Å². The highest BCUT2D eigenvalue weighted by molar-refractivity contribution is 7.92. The normalized spacial score (nSPS) is 18.1. The highest BCUT2D eigenvalue weighted by atomic mass is 35.5. The molecule has 0 spiro atoms. The monoisotopic (exact) mass is 672 g/mol. The zero-order valence-corrected chi connectivity index (χ0v) is 28.2. The summed E-state index contributed by atoms with van der Waals surface area (Å²) in [5.74, 6) is 0.324. The summed E-state index contributed by atoms with van der Waals surface area (Å²) in [7, 11) is -4.99. The Balaban J connectivity index is 1.29. The number of carbonyl (C=O) groups is 1. The Kier molecular flexibility index (Phi) is 11.4. The molecule has 2 aliphatic rings. The van der Waals surface area contributed by atoms with E-state index in [1.807, 2.05) is 30.3 Å². The lowest BCUT2D eigenvalue weighted by molar-refractivity contribution is -0.123. The molecule has 13 heteroatoms. The molecule has 0 atom stereocenters. The SMILES string of the molecule is CN(c1ccc(CC2CCN(CCCN(C(=O)C3CCN(S(C)(=O)=O)CC3)c3ccc(Cl)c(Cl)c3)CC2)cc1)S(C)(=O)=O. The van der Waals surface area contributed by atoms with Crippen LogP contribution in [0.3, 0.4) is 0 Å². The van der Waals surface area contributed by atoms with Crippen molar-refractivity contribution in [3.63, 3.8) is 0 Å². The van der Waals surface area contributed by atoms with Gasteiger partial charge in [-0.2, -0.15) is 0 Å². The lowest BCUT2D eigenvalue weighted by Crippen LogP contribution is -2.45. The summed E-state index contributed by atoms with van der Waals surface area (Å²) in [6, 6.07) is 13.0. The number of amides is 1. The number of benzene rings is 2. The molecule has 0 aromatic heterocycles. The number of halogens is 2. The van der Waals surface area contributed by atoms with Crippen molar-refractivity contribution in [2.45, 2.75) is 38.5 Å². The zero-order valence-electron chi connectivity index (χ0n) is 25.1. The van der Waals surface area contributed by atoms with Gasteiger partial charge in [-0.05, 0) is 100.0 Å². The molecule has 2 fully saturated rings. The third-order valence-corrected chi connectivity index (χ3v) is 11.9. The van der Waals surface area contributed by atoms with Gasteiger partial charge in [0.25, 0.3) is 0 Å². The van der Waals surface area contributed by atoms with Crippen LogP contribution in [0.15, 0.2) is 42.5 Å². The molecular weight excluding hydrogens is 631 g/mol. The topological polar surface area (TPSA) is 98.3 Å². The fourth-order valence-corrected chi connectivity index (χ4v) is 7.58. The summed E-state index contributed by atoms with van der Waals surface area (Å²) in [5.41, 5.74) is 2.58. The average molecular weight is 674 g/mol. The van der Waals surface area contributed by atoms with E-state index in [0.29, 0.717) is 59.8 Å². The van der Waals surface area contributed by atoms with E-state index in [9.17, 15) is 21.6 Å². The lowest BCUT2D eigenvalue weighted by Gasteiger charge is -2.35. The number of likely N-dealkylation sites (tertiary alicyclic amines) is 1. The maximum Gasteiger partial charge on any atom is 0.231 e. The molecule has 2 aromatic carbocycles. The first kappa shape index (κ1) is 34.0. The molecule has 43 heavy (non-hydrogen) atoms. The summed E-state index contributed by atoms with van der Waals surface area (Å²) >= 11 is 12.5. The summed E-state index contributed by atoms with van der Waals surface area (Å²) in [6.45, 7) is 4.09. The van der Waals surface area contributed by atoms with Gasteiger partial charge < -0.3 is 9.80 Å². The van der Waals surface area contributed by atoms with E-state index in [1.54, 1.807) is 24.1 Å². The van der Waals surface area contributed by atoms with Crippen LogP contribution in [0, 0.1) is 11.8 Å². The number of anilines is 2. The fraction of sp³-hybridized carbons (Fsp3) is 0.567. The van der Waals surface area contributed by atoms with Gasteiger partial charge in [0.2, 0.25) is 26.0 Å². The summed E-state index contributed by atoms with van der Waals surface area (Å²) < 4.78 is 50.2. The number of nitrogens with zero attached hydrogens (tertiary/aromatic N) is 4. The van der Waals surface area contributed by atoms with Gasteiger partial charge >= 0.3 is 0 Å². The molecule has 0 saturated carbocycles. The second kappa shape index (κ2) is 14.5. The van der Waals surface area contributed by atoms with Gasteiger partial charge in [0.1, 0.15) is 0 Å². The molecule has 0 bridgehead atoms. The minimum atomic E-state index is -3.28. The number of piperidine rings is 2. The maximum absolute atomic E-state index is 13.7. The molecule has 238 valence electrons. The van der Waals surface area contributed by atoms with Crippen molar-refractivity contribution in [1.82, 2.24) is 9.21 Å². The van der Waals surface area contributed by atoms with Gasteiger partial charge in [-0.15, -0.1) is 0 Å². The van der Waals surface area contributed by atoms with Crippen molar-refractivity contribution in [1.29, 1.82) is 0 Å². The smallest absolute Gasteiger partial charge is 0.231 e. The zero-order chi connectivity index (χ0) is 31.4. The molecule has 0 radical (unpaired) electrons. The van der Waals surface area contributed by atoms with Crippen LogP contribution in [0.25, 0.3) is 0 Å². The predicted octanol–water partition coefficient (Wildman–Crippen LogP) is 4.74. The average Bonchev–Trinajstić information content (AvgIpc) is 2.96. The van der Waals surface area contributed by atoms with E-state index >= 15 is 0 Å². The molecule has 2 aliphatic heterocycles. The molecule has 0 unspecified atom stereocenters. The minimum Gasteiger partial charge on any atom is -0.312 e. The van der Waals surface area contributed by atoms with E-state index in [-0.39, 0.29) is 11.8 Å². The molecule has 2 aromatic rings. The van der Waals surface area contributed by atoms with Crippen molar-refractivity contribution >= 4 is 60.5 Å². The summed E-state index contributed by atoms with van der Waals surface area (Å²) in [4.78, 5) is 17.9. The summed E-state index contributed by atoms with van der Waals surface area (Å²) in [5, 5.41) is 0.822.